The smallest absolute Gasteiger partial charge is 0.299 e. The highest BCUT2D eigenvalue weighted by Gasteiger charge is 2.39. The molecule has 0 bridgehead atoms. The number of allylic oxidation sites excluding steroid dienone is 1. The molecule has 40 heavy (non-hydrogen) atoms. The molecule has 1 fully saturated rings. The summed E-state index contributed by atoms with van der Waals surface area (Å²) in [6.45, 7) is 4.14. The van der Waals surface area contributed by atoms with E-state index in [0.717, 1.165) is 29.8 Å². The monoisotopic (exact) mass is 533 g/mol. The number of nitrogens with zero attached hydrogens (tertiary/aromatic N) is 5. The van der Waals surface area contributed by atoms with Gasteiger partial charge in [0.25, 0.3) is 11.8 Å². The van der Waals surface area contributed by atoms with Crippen LogP contribution >= 0.6 is 0 Å². The molecule has 0 aliphatic carbocycles. The van der Waals surface area contributed by atoms with Gasteiger partial charge in [0.15, 0.2) is 0 Å². The Labute approximate surface area is 231 Å². The lowest BCUT2D eigenvalue weighted by Crippen LogP contribution is -2.44. The van der Waals surface area contributed by atoms with Crippen molar-refractivity contribution in [3.63, 3.8) is 0 Å². The van der Waals surface area contributed by atoms with Crippen molar-refractivity contribution < 1.29 is 14.4 Å². The summed E-state index contributed by atoms with van der Waals surface area (Å²) in [7, 11) is 0. The van der Waals surface area contributed by atoms with Crippen molar-refractivity contribution in [1.82, 2.24) is 29.7 Å². The van der Waals surface area contributed by atoms with Gasteiger partial charge in [0.1, 0.15) is 17.8 Å². The van der Waals surface area contributed by atoms with Crippen LogP contribution in [0, 0.1) is 11.8 Å². The fourth-order valence-electron chi connectivity index (χ4n) is 5.45. The maximum Gasteiger partial charge on any atom is 0.299 e. The molecule has 200 valence electrons. The van der Waals surface area contributed by atoms with Crippen LogP contribution in [-0.4, -0.2) is 48.6 Å². The van der Waals surface area contributed by atoms with E-state index in [4.69, 9.17) is 4.98 Å². The molecular formula is C30H27N7O3. The summed E-state index contributed by atoms with van der Waals surface area (Å²) in [5.74, 6) is 5.86. The third-order valence-corrected chi connectivity index (χ3v) is 7.29. The van der Waals surface area contributed by atoms with Crippen LogP contribution in [0.15, 0.2) is 66.6 Å². The molecule has 1 aromatic carbocycles. The van der Waals surface area contributed by atoms with Crippen molar-refractivity contribution in [2.45, 2.75) is 38.9 Å². The topological polar surface area (TPSA) is 112 Å². The summed E-state index contributed by atoms with van der Waals surface area (Å²) in [5, 5.41) is 5.85. The molecule has 2 atom stereocenters. The van der Waals surface area contributed by atoms with Gasteiger partial charge in [-0.25, -0.2) is 9.97 Å². The van der Waals surface area contributed by atoms with Gasteiger partial charge in [-0.3, -0.25) is 19.0 Å². The highest BCUT2D eigenvalue weighted by atomic mass is 16.2. The van der Waals surface area contributed by atoms with E-state index in [1.165, 1.54) is 0 Å². The van der Waals surface area contributed by atoms with Crippen LogP contribution in [-0.2, 0) is 9.59 Å². The molecule has 10 nitrogen and oxygen atoms in total. The molecule has 3 aromatic rings. The normalized spacial score (nSPS) is 19.1. The molecule has 0 radical (unpaired) electrons. The first-order chi connectivity index (χ1) is 19.4. The van der Waals surface area contributed by atoms with E-state index in [0.29, 0.717) is 29.4 Å². The fraction of sp³-hybridized carbons (Fsp3) is 0.233. The van der Waals surface area contributed by atoms with Gasteiger partial charge in [-0.15, -0.1) is 0 Å². The number of amides is 3. The van der Waals surface area contributed by atoms with Crippen molar-refractivity contribution in [3.8, 4) is 23.1 Å². The maximum absolute atomic E-state index is 12.8. The van der Waals surface area contributed by atoms with Gasteiger partial charge in [0.05, 0.1) is 17.4 Å². The standard InChI is InChI=1S/C30H27N7O3/c1-3-7-25(39)36-15-6-8-22(36)28-34-26(27-29-33-24(38)18-19(2)35(29)16-17-37(27)28)20-10-12-21(13-11-20)30(40)32-23-9-4-5-14-31-23/h4-5,9-14,16-18,22,29H,6,8,15H2,1-2H3,(H,33,38)(H,31,32,40)/t22-,29?/m0/s1. The van der Waals surface area contributed by atoms with Crippen LogP contribution < -0.4 is 10.6 Å². The second-order valence-corrected chi connectivity index (χ2v) is 9.75. The number of nitrogens with one attached hydrogen (secondary N) is 2. The molecule has 6 rings (SSSR count). The molecule has 10 heteroatoms. The largest absolute Gasteiger partial charge is 0.327 e. The number of hydrogen-bond acceptors (Lipinski definition) is 6. The van der Waals surface area contributed by atoms with Crippen molar-refractivity contribution in [3.05, 3.63) is 83.7 Å². The average Bonchev–Trinajstić information content (AvgIpc) is 3.59. The second-order valence-electron chi connectivity index (χ2n) is 9.75. The number of carbonyl (C=O) groups excluding carboxylic acids is 3. The molecule has 1 unspecified atom stereocenters. The Morgan fingerprint density at radius 3 is 2.70 bits per heavy atom. The fourth-order valence-corrected chi connectivity index (χ4v) is 5.45. The van der Waals surface area contributed by atoms with Crippen LogP contribution in [0.5, 0.6) is 0 Å². The quantitative estimate of drug-likeness (QED) is 0.495. The maximum atomic E-state index is 12.8. The first-order valence-electron chi connectivity index (χ1n) is 13.1. The molecule has 3 aliphatic rings. The van der Waals surface area contributed by atoms with Gasteiger partial charge < -0.3 is 20.4 Å². The molecule has 3 amide bonds. The molecule has 1 saturated heterocycles. The summed E-state index contributed by atoms with van der Waals surface area (Å²) in [4.78, 5) is 51.1. The number of aromatic nitrogens is 3. The number of pyridine rings is 1. The summed E-state index contributed by atoms with van der Waals surface area (Å²) >= 11 is 0. The minimum Gasteiger partial charge on any atom is -0.327 e. The lowest BCUT2D eigenvalue weighted by Gasteiger charge is -2.38. The van der Waals surface area contributed by atoms with Crippen LogP contribution in [0.2, 0.25) is 0 Å². The Balaban J connectivity index is 1.41. The number of carbonyl (C=O) groups is 3. The molecule has 2 aromatic heterocycles. The zero-order chi connectivity index (χ0) is 27.8. The summed E-state index contributed by atoms with van der Waals surface area (Å²) < 4.78 is 1.98. The highest BCUT2D eigenvalue weighted by molar-refractivity contribution is 6.04. The van der Waals surface area contributed by atoms with Crippen LogP contribution in [0.1, 0.15) is 60.8 Å². The summed E-state index contributed by atoms with van der Waals surface area (Å²) in [6, 6.07) is 12.2. The Morgan fingerprint density at radius 1 is 1.12 bits per heavy atom. The number of imidazole rings is 1. The van der Waals surface area contributed by atoms with E-state index >= 15 is 0 Å². The SMILES string of the molecule is CC#CC(=O)N1CCC[C@H]1c1nc(-c2ccc(C(=O)Nc3ccccn3)cc2)c2n1C=CN1C(C)=CC(=O)NC21. The molecule has 3 aliphatic heterocycles. The van der Waals surface area contributed by atoms with Gasteiger partial charge in [-0.1, -0.05) is 24.1 Å². The van der Waals surface area contributed by atoms with Gasteiger partial charge in [-0.2, -0.15) is 0 Å². The Bertz CT molecular complexity index is 1630. The van der Waals surface area contributed by atoms with Crippen LogP contribution in [0.25, 0.3) is 17.5 Å². The number of likely N-dealkylation sites (tertiary alicyclic amines) is 1. The van der Waals surface area contributed by atoms with Gasteiger partial charge in [-0.05, 0) is 56.9 Å². The molecule has 0 spiro atoms. The van der Waals surface area contributed by atoms with Crippen molar-refractivity contribution >= 4 is 29.7 Å². The first kappa shape index (κ1) is 25.1. The number of fused-ring (bicyclic) bond motifs is 3. The number of benzene rings is 1. The molecule has 2 N–H and O–H groups in total. The number of hydrogen-bond donors (Lipinski definition) is 2. The third kappa shape index (κ3) is 4.41. The Hall–Kier alpha value is -5.17. The average molecular weight is 534 g/mol. The highest BCUT2D eigenvalue weighted by Crippen LogP contribution is 2.41. The van der Waals surface area contributed by atoms with E-state index in [1.54, 1.807) is 54.4 Å². The number of rotatable bonds is 4. The van der Waals surface area contributed by atoms with Crippen molar-refractivity contribution in [2.24, 2.45) is 0 Å². The summed E-state index contributed by atoms with van der Waals surface area (Å²) in [6.07, 6.45) is 8.13. The van der Waals surface area contributed by atoms with E-state index in [-0.39, 0.29) is 23.8 Å². The van der Waals surface area contributed by atoms with Gasteiger partial charge in [0, 0.05) is 48.0 Å². The third-order valence-electron chi connectivity index (χ3n) is 7.29. The second kappa shape index (κ2) is 10.2. The lowest BCUT2D eigenvalue weighted by atomic mass is 10.0. The number of anilines is 1. The minimum absolute atomic E-state index is 0.188. The summed E-state index contributed by atoms with van der Waals surface area (Å²) in [5.41, 5.74) is 3.51. The zero-order valence-corrected chi connectivity index (χ0v) is 22.1. The predicted octanol–water partition coefficient (Wildman–Crippen LogP) is 3.66. The molecular weight excluding hydrogens is 506 g/mol. The Morgan fingerprint density at radius 2 is 1.95 bits per heavy atom. The Kier molecular flexibility index (Phi) is 6.40. The van der Waals surface area contributed by atoms with Crippen LogP contribution in [0.4, 0.5) is 5.82 Å². The first-order valence-corrected chi connectivity index (χ1v) is 13.1. The van der Waals surface area contributed by atoms with E-state index in [2.05, 4.69) is 27.5 Å². The minimum atomic E-state index is -0.480. The van der Waals surface area contributed by atoms with E-state index in [1.807, 2.05) is 40.9 Å². The van der Waals surface area contributed by atoms with Gasteiger partial charge in [0.2, 0.25) is 5.91 Å². The molecule has 5 heterocycles. The zero-order valence-electron chi connectivity index (χ0n) is 22.1. The van der Waals surface area contributed by atoms with E-state index < -0.39 is 6.17 Å². The van der Waals surface area contributed by atoms with Crippen molar-refractivity contribution in [2.75, 3.05) is 11.9 Å². The van der Waals surface area contributed by atoms with Crippen LogP contribution in [0.3, 0.4) is 0 Å². The van der Waals surface area contributed by atoms with E-state index in [9.17, 15) is 14.4 Å². The van der Waals surface area contributed by atoms with Crippen molar-refractivity contribution in [1.29, 1.82) is 0 Å². The van der Waals surface area contributed by atoms with Gasteiger partial charge >= 0.3 is 0 Å². The predicted molar refractivity (Wildman–Crippen MR) is 149 cm³/mol. The lowest BCUT2D eigenvalue weighted by molar-refractivity contribution is -0.126. The molecule has 0 saturated carbocycles.